The molecule has 0 aromatic carbocycles. The fraction of sp³-hybridized carbons (Fsp3) is 0.929. The zero-order valence-electron chi connectivity index (χ0n) is 11.7. The summed E-state index contributed by atoms with van der Waals surface area (Å²) in [5.41, 5.74) is 0.194. The van der Waals surface area contributed by atoms with E-state index >= 15 is 0 Å². The van der Waals surface area contributed by atoms with Crippen molar-refractivity contribution >= 4 is 5.91 Å². The molecule has 17 heavy (non-hydrogen) atoms. The summed E-state index contributed by atoms with van der Waals surface area (Å²) < 4.78 is 0. The molecule has 1 rings (SSSR count). The minimum Gasteiger partial charge on any atom is -0.396 e. The normalized spacial score (nSPS) is 22.9. The van der Waals surface area contributed by atoms with Crippen LogP contribution in [0.3, 0.4) is 0 Å². The lowest BCUT2D eigenvalue weighted by atomic mass is 9.80. The Morgan fingerprint density at radius 3 is 2.65 bits per heavy atom. The van der Waals surface area contributed by atoms with Crippen LogP contribution in [0.5, 0.6) is 0 Å². The van der Waals surface area contributed by atoms with Crippen molar-refractivity contribution in [2.45, 2.75) is 47.0 Å². The van der Waals surface area contributed by atoms with E-state index in [9.17, 15) is 4.79 Å². The van der Waals surface area contributed by atoms with Crippen LogP contribution in [0.1, 0.15) is 47.0 Å². The molecule has 1 fully saturated rings. The molecule has 1 N–H and O–H groups in total. The highest BCUT2D eigenvalue weighted by Crippen LogP contribution is 2.29. The first kappa shape index (κ1) is 14.5. The first-order chi connectivity index (χ1) is 7.84. The quantitative estimate of drug-likeness (QED) is 0.820. The lowest BCUT2D eigenvalue weighted by molar-refractivity contribution is -0.132. The van der Waals surface area contributed by atoms with Gasteiger partial charge in [0.1, 0.15) is 0 Å². The van der Waals surface area contributed by atoms with Crippen molar-refractivity contribution in [2.75, 3.05) is 19.7 Å². The van der Waals surface area contributed by atoms with Crippen molar-refractivity contribution in [3.8, 4) is 0 Å². The second-order valence-electron chi connectivity index (χ2n) is 6.48. The van der Waals surface area contributed by atoms with E-state index in [0.29, 0.717) is 18.3 Å². The van der Waals surface area contributed by atoms with Crippen molar-refractivity contribution in [1.29, 1.82) is 0 Å². The number of aliphatic hydroxyl groups is 1. The molecule has 100 valence electrons. The van der Waals surface area contributed by atoms with Gasteiger partial charge in [0.15, 0.2) is 0 Å². The molecule has 0 aliphatic carbocycles. The summed E-state index contributed by atoms with van der Waals surface area (Å²) in [6.45, 7) is 10.7. The molecular weight excluding hydrogens is 214 g/mol. The molecule has 0 bridgehead atoms. The zero-order valence-corrected chi connectivity index (χ0v) is 11.7. The Morgan fingerprint density at radius 2 is 2.12 bits per heavy atom. The Balaban J connectivity index is 2.39. The first-order valence-electron chi connectivity index (χ1n) is 6.73. The van der Waals surface area contributed by atoms with Crippen LogP contribution >= 0.6 is 0 Å². The van der Waals surface area contributed by atoms with Gasteiger partial charge in [0.05, 0.1) is 0 Å². The van der Waals surface area contributed by atoms with E-state index < -0.39 is 0 Å². The third-order valence-corrected chi connectivity index (χ3v) is 4.14. The van der Waals surface area contributed by atoms with Crippen LogP contribution in [0.15, 0.2) is 0 Å². The maximum atomic E-state index is 12.1. The number of hydrogen-bond donors (Lipinski definition) is 1. The van der Waals surface area contributed by atoms with Gasteiger partial charge >= 0.3 is 0 Å². The second-order valence-corrected chi connectivity index (χ2v) is 6.48. The van der Waals surface area contributed by atoms with E-state index in [1.807, 2.05) is 4.90 Å². The molecule has 1 heterocycles. The number of carbonyl (C=O) groups is 1. The van der Waals surface area contributed by atoms with E-state index in [1.165, 1.54) is 0 Å². The first-order valence-corrected chi connectivity index (χ1v) is 6.73. The van der Waals surface area contributed by atoms with Crippen LogP contribution < -0.4 is 0 Å². The van der Waals surface area contributed by atoms with Crippen LogP contribution in [0.25, 0.3) is 0 Å². The van der Waals surface area contributed by atoms with Gasteiger partial charge in [-0.15, -0.1) is 0 Å². The minimum absolute atomic E-state index is 0.194. The van der Waals surface area contributed by atoms with E-state index in [0.717, 1.165) is 25.9 Å². The fourth-order valence-electron chi connectivity index (χ4n) is 2.17. The van der Waals surface area contributed by atoms with Gasteiger partial charge in [-0.3, -0.25) is 4.79 Å². The molecule has 2 unspecified atom stereocenters. The molecule has 0 saturated carbocycles. The molecule has 0 aromatic rings. The van der Waals surface area contributed by atoms with Gasteiger partial charge in [-0.1, -0.05) is 27.7 Å². The average Bonchev–Trinajstić information content (AvgIpc) is 2.65. The molecule has 0 radical (unpaired) electrons. The molecule has 0 aromatic heterocycles. The van der Waals surface area contributed by atoms with Gasteiger partial charge < -0.3 is 10.0 Å². The largest absolute Gasteiger partial charge is 0.396 e. The number of amides is 1. The lowest BCUT2D eigenvalue weighted by Gasteiger charge is -2.28. The van der Waals surface area contributed by atoms with Crippen molar-refractivity contribution in [3.63, 3.8) is 0 Å². The number of carbonyl (C=O) groups excluding carboxylic acids is 1. The number of likely N-dealkylation sites (tertiary alicyclic amines) is 1. The smallest absolute Gasteiger partial charge is 0.222 e. The third-order valence-electron chi connectivity index (χ3n) is 4.14. The minimum atomic E-state index is 0.194. The number of hydrogen-bond acceptors (Lipinski definition) is 2. The summed E-state index contributed by atoms with van der Waals surface area (Å²) in [7, 11) is 0. The van der Waals surface area contributed by atoms with Gasteiger partial charge in [-0.2, -0.15) is 0 Å². The highest BCUT2D eigenvalue weighted by molar-refractivity contribution is 5.76. The zero-order chi connectivity index (χ0) is 13.1. The van der Waals surface area contributed by atoms with Crippen LogP contribution in [0.4, 0.5) is 0 Å². The van der Waals surface area contributed by atoms with E-state index in [2.05, 4.69) is 27.7 Å². The Morgan fingerprint density at radius 1 is 1.47 bits per heavy atom. The standard InChI is InChI=1S/C14H27NO2/c1-11(14(2,3)4)9-13(17)15-7-5-12(10-15)6-8-16/h11-12,16H,5-10H2,1-4H3. The molecule has 1 aliphatic heterocycles. The predicted octanol–water partition coefficient (Wildman–Crippen LogP) is 2.29. The third kappa shape index (κ3) is 4.30. The Labute approximate surface area is 105 Å². The predicted molar refractivity (Wildman–Crippen MR) is 69.6 cm³/mol. The van der Waals surface area contributed by atoms with E-state index in [-0.39, 0.29) is 17.9 Å². The van der Waals surface area contributed by atoms with Crippen molar-refractivity contribution in [1.82, 2.24) is 4.90 Å². The SMILES string of the molecule is CC(CC(=O)N1CCC(CCO)C1)C(C)(C)C. The molecule has 0 spiro atoms. The summed E-state index contributed by atoms with van der Waals surface area (Å²) in [5, 5.41) is 8.90. The van der Waals surface area contributed by atoms with Crippen molar-refractivity contribution in [2.24, 2.45) is 17.3 Å². The molecule has 1 aliphatic rings. The highest BCUT2D eigenvalue weighted by Gasteiger charge is 2.29. The van der Waals surface area contributed by atoms with Crippen molar-refractivity contribution < 1.29 is 9.90 Å². The second kappa shape index (κ2) is 5.85. The molecule has 3 nitrogen and oxygen atoms in total. The van der Waals surface area contributed by atoms with Crippen LogP contribution in [-0.2, 0) is 4.79 Å². The van der Waals surface area contributed by atoms with Gasteiger partial charge in [-0.05, 0) is 30.1 Å². The maximum Gasteiger partial charge on any atom is 0.222 e. The molecule has 1 amide bonds. The van der Waals surface area contributed by atoms with Crippen LogP contribution in [0.2, 0.25) is 0 Å². The average molecular weight is 241 g/mol. The Kier molecular flexibility index (Phi) is 4.99. The number of nitrogens with zero attached hydrogens (tertiary/aromatic N) is 1. The van der Waals surface area contributed by atoms with Gasteiger partial charge in [0, 0.05) is 26.1 Å². The fourth-order valence-corrected chi connectivity index (χ4v) is 2.17. The van der Waals surface area contributed by atoms with Crippen molar-refractivity contribution in [3.05, 3.63) is 0 Å². The summed E-state index contributed by atoms with van der Waals surface area (Å²) in [4.78, 5) is 14.1. The summed E-state index contributed by atoms with van der Waals surface area (Å²) in [6.07, 6.45) is 2.53. The van der Waals surface area contributed by atoms with Crippen LogP contribution in [0, 0.1) is 17.3 Å². The van der Waals surface area contributed by atoms with Crippen LogP contribution in [-0.4, -0.2) is 35.6 Å². The molecule has 2 atom stereocenters. The monoisotopic (exact) mass is 241 g/mol. The number of rotatable bonds is 4. The number of aliphatic hydroxyl groups excluding tert-OH is 1. The van der Waals surface area contributed by atoms with E-state index in [4.69, 9.17) is 5.11 Å². The molecular formula is C14H27NO2. The van der Waals surface area contributed by atoms with Gasteiger partial charge in [0.25, 0.3) is 0 Å². The lowest BCUT2D eigenvalue weighted by Crippen LogP contribution is -2.32. The molecule has 1 saturated heterocycles. The van der Waals surface area contributed by atoms with E-state index in [1.54, 1.807) is 0 Å². The topological polar surface area (TPSA) is 40.5 Å². The van der Waals surface area contributed by atoms with Gasteiger partial charge in [-0.25, -0.2) is 0 Å². The molecule has 3 heteroatoms. The maximum absolute atomic E-state index is 12.1. The van der Waals surface area contributed by atoms with Gasteiger partial charge in [0.2, 0.25) is 5.91 Å². The summed E-state index contributed by atoms with van der Waals surface area (Å²) in [5.74, 6) is 1.20. The summed E-state index contributed by atoms with van der Waals surface area (Å²) >= 11 is 0. The summed E-state index contributed by atoms with van der Waals surface area (Å²) in [6, 6.07) is 0. The Hall–Kier alpha value is -0.570. The highest BCUT2D eigenvalue weighted by atomic mass is 16.3. The Bertz CT molecular complexity index is 257.